The maximum absolute atomic E-state index is 3.61. The van der Waals surface area contributed by atoms with Crippen molar-refractivity contribution in [1.29, 1.82) is 0 Å². The van der Waals surface area contributed by atoms with Crippen LogP contribution in [0, 0.1) is 5.92 Å². The maximum Gasteiger partial charge on any atom is 0.0117 e. The average molecular weight is 260 g/mol. The third-order valence-electron chi connectivity index (χ3n) is 4.36. The molecule has 0 aliphatic carbocycles. The predicted molar refractivity (Wildman–Crippen MR) is 82.5 cm³/mol. The van der Waals surface area contributed by atoms with Crippen molar-refractivity contribution in [2.75, 3.05) is 26.2 Å². The second kappa shape index (κ2) is 7.06. The van der Waals surface area contributed by atoms with Crippen molar-refractivity contribution in [3.63, 3.8) is 0 Å². The van der Waals surface area contributed by atoms with Gasteiger partial charge in [0.2, 0.25) is 0 Å². The van der Waals surface area contributed by atoms with Gasteiger partial charge < -0.3 is 10.2 Å². The van der Waals surface area contributed by atoms with E-state index in [4.69, 9.17) is 0 Å². The van der Waals surface area contributed by atoms with Gasteiger partial charge in [0.1, 0.15) is 0 Å². The number of nitrogens with zero attached hydrogens (tertiary/aromatic N) is 1. The quantitative estimate of drug-likeness (QED) is 0.875. The van der Waals surface area contributed by atoms with Crippen molar-refractivity contribution in [2.45, 2.75) is 39.2 Å². The molecule has 2 rings (SSSR count). The molecule has 1 aliphatic heterocycles. The molecular weight excluding hydrogens is 232 g/mol. The fraction of sp³-hybridized carbons (Fsp3) is 0.647. The topological polar surface area (TPSA) is 15.3 Å². The second-order valence-electron chi connectivity index (χ2n) is 6.00. The number of hydrogen-bond donors (Lipinski definition) is 1. The van der Waals surface area contributed by atoms with Gasteiger partial charge in [-0.15, -0.1) is 0 Å². The summed E-state index contributed by atoms with van der Waals surface area (Å²) in [6.07, 6.45) is 1.29. The SMILES string of the molecule is CCNC1CCN(CC(C)c2ccccc2)CC1C. The van der Waals surface area contributed by atoms with E-state index < -0.39 is 0 Å². The lowest BCUT2D eigenvalue weighted by atomic mass is 9.92. The summed E-state index contributed by atoms with van der Waals surface area (Å²) in [5.41, 5.74) is 1.46. The van der Waals surface area contributed by atoms with E-state index in [0.717, 1.165) is 12.5 Å². The Morgan fingerprint density at radius 1 is 1.32 bits per heavy atom. The van der Waals surface area contributed by atoms with Gasteiger partial charge in [-0.25, -0.2) is 0 Å². The molecule has 2 heteroatoms. The molecular formula is C17H28N2. The molecule has 3 atom stereocenters. The molecule has 2 nitrogen and oxygen atoms in total. The summed E-state index contributed by atoms with van der Waals surface area (Å²) < 4.78 is 0. The zero-order chi connectivity index (χ0) is 13.7. The Morgan fingerprint density at radius 2 is 2.05 bits per heavy atom. The molecule has 1 fully saturated rings. The Morgan fingerprint density at radius 3 is 2.68 bits per heavy atom. The first kappa shape index (κ1) is 14.5. The van der Waals surface area contributed by atoms with Gasteiger partial charge in [-0.3, -0.25) is 0 Å². The Hall–Kier alpha value is -0.860. The van der Waals surface area contributed by atoms with Gasteiger partial charge in [-0.2, -0.15) is 0 Å². The van der Waals surface area contributed by atoms with E-state index in [2.05, 4.69) is 61.3 Å². The molecule has 3 unspecified atom stereocenters. The van der Waals surface area contributed by atoms with Gasteiger partial charge in [0.05, 0.1) is 0 Å². The highest BCUT2D eigenvalue weighted by molar-refractivity contribution is 5.19. The van der Waals surface area contributed by atoms with Crippen molar-refractivity contribution < 1.29 is 0 Å². The minimum atomic E-state index is 0.629. The zero-order valence-corrected chi connectivity index (χ0v) is 12.6. The van der Waals surface area contributed by atoms with Crippen molar-refractivity contribution in [2.24, 2.45) is 5.92 Å². The fourth-order valence-electron chi connectivity index (χ4n) is 3.24. The van der Waals surface area contributed by atoms with Gasteiger partial charge in [-0.1, -0.05) is 51.1 Å². The van der Waals surface area contributed by atoms with E-state index >= 15 is 0 Å². The van der Waals surface area contributed by atoms with Crippen LogP contribution in [0.5, 0.6) is 0 Å². The smallest absolute Gasteiger partial charge is 0.0117 e. The van der Waals surface area contributed by atoms with Gasteiger partial charge in [0, 0.05) is 19.1 Å². The van der Waals surface area contributed by atoms with Crippen LogP contribution in [-0.2, 0) is 0 Å². The molecule has 1 heterocycles. The number of nitrogens with one attached hydrogen (secondary N) is 1. The molecule has 0 aromatic heterocycles. The summed E-state index contributed by atoms with van der Waals surface area (Å²) in [6, 6.07) is 11.6. The first-order valence-corrected chi connectivity index (χ1v) is 7.71. The summed E-state index contributed by atoms with van der Waals surface area (Å²) in [6.45, 7) is 11.7. The van der Waals surface area contributed by atoms with Crippen molar-refractivity contribution in [3.05, 3.63) is 35.9 Å². The van der Waals surface area contributed by atoms with Crippen LogP contribution in [0.1, 0.15) is 38.7 Å². The monoisotopic (exact) mass is 260 g/mol. The van der Waals surface area contributed by atoms with E-state index in [-0.39, 0.29) is 0 Å². The summed E-state index contributed by atoms with van der Waals surface area (Å²) in [4.78, 5) is 2.64. The number of rotatable bonds is 5. The van der Waals surface area contributed by atoms with Gasteiger partial charge in [-0.05, 0) is 36.9 Å². The molecule has 1 N–H and O–H groups in total. The van der Waals surface area contributed by atoms with Gasteiger partial charge in [0.15, 0.2) is 0 Å². The van der Waals surface area contributed by atoms with Crippen molar-refractivity contribution in [3.8, 4) is 0 Å². The third-order valence-corrected chi connectivity index (χ3v) is 4.36. The normalized spacial score (nSPS) is 26.3. The number of piperidine rings is 1. The van der Waals surface area contributed by atoms with E-state index in [1.54, 1.807) is 0 Å². The number of hydrogen-bond acceptors (Lipinski definition) is 2. The lowest BCUT2D eigenvalue weighted by molar-refractivity contribution is 0.143. The summed E-state index contributed by atoms with van der Waals surface area (Å²) >= 11 is 0. The van der Waals surface area contributed by atoms with Crippen molar-refractivity contribution >= 4 is 0 Å². The molecule has 0 bridgehead atoms. The molecule has 1 saturated heterocycles. The summed E-state index contributed by atoms with van der Waals surface area (Å²) in [5.74, 6) is 1.39. The average Bonchev–Trinajstić information content (AvgIpc) is 2.43. The molecule has 0 saturated carbocycles. The maximum atomic E-state index is 3.61. The molecule has 0 amide bonds. The molecule has 0 spiro atoms. The molecule has 1 aliphatic rings. The van der Waals surface area contributed by atoms with Crippen LogP contribution in [-0.4, -0.2) is 37.1 Å². The lowest BCUT2D eigenvalue weighted by Crippen LogP contribution is -2.48. The lowest BCUT2D eigenvalue weighted by Gasteiger charge is -2.38. The zero-order valence-electron chi connectivity index (χ0n) is 12.6. The Bertz CT molecular complexity index is 363. The Balaban J connectivity index is 1.84. The molecule has 106 valence electrons. The van der Waals surface area contributed by atoms with Crippen LogP contribution in [0.15, 0.2) is 30.3 Å². The number of benzene rings is 1. The van der Waals surface area contributed by atoms with Gasteiger partial charge in [0.25, 0.3) is 0 Å². The predicted octanol–water partition coefficient (Wildman–Crippen LogP) is 3.11. The molecule has 0 radical (unpaired) electrons. The van der Waals surface area contributed by atoms with Crippen LogP contribution in [0.4, 0.5) is 0 Å². The van der Waals surface area contributed by atoms with Crippen LogP contribution < -0.4 is 5.32 Å². The Labute approximate surface area is 118 Å². The van der Waals surface area contributed by atoms with Gasteiger partial charge >= 0.3 is 0 Å². The third kappa shape index (κ3) is 4.05. The van der Waals surface area contributed by atoms with E-state index in [9.17, 15) is 0 Å². The van der Waals surface area contributed by atoms with E-state index in [1.807, 2.05) is 0 Å². The highest BCUT2D eigenvalue weighted by atomic mass is 15.1. The van der Waals surface area contributed by atoms with Crippen LogP contribution in [0.25, 0.3) is 0 Å². The molecule has 1 aromatic carbocycles. The van der Waals surface area contributed by atoms with Crippen LogP contribution in [0.3, 0.4) is 0 Å². The molecule has 19 heavy (non-hydrogen) atoms. The van der Waals surface area contributed by atoms with Crippen LogP contribution >= 0.6 is 0 Å². The molecule has 1 aromatic rings. The summed E-state index contributed by atoms with van der Waals surface area (Å²) in [5, 5.41) is 3.61. The van der Waals surface area contributed by atoms with E-state index in [1.165, 1.54) is 31.6 Å². The van der Waals surface area contributed by atoms with E-state index in [0.29, 0.717) is 12.0 Å². The summed E-state index contributed by atoms with van der Waals surface area (Å²) in [7, 11) is 0. The minimum Gasteiger partial charge on any atom is -0.314 e. The first-order chi connectivity index (χ1) is 9.20. The minimum absolute atomic E-state index is 0.629. The fourth-order valence-corrected chi connectivity index (χ4v) is 3.24. The second-order valence-corrected chi connectivity index (χ2v) is 6.00. The van der Waals surface area contributed by atoms with Crippen LogP contribution in [0.2, 0.25) is 0 Å². The highest BCUT2D eigenvalue weighted by Gasteiger charge is 2.25. The van der Waals surface area contributed by atoms with Crippen molar-refractivity contribution in [1.82, 2.24) is 10.2 Å². The standard InChI is InChI=1S/C17H28N2/c1-4-18-17-10-11-19(13-15(17)3)12-14(2)16-8-6-5-7-9-16/h5-9,14-15,17-18H,4,10-13H2,1-3H3. The Kier molecular flexibility index (Phi) is 5.41. The highest BCUT2D eigenvalue weighted by Crippen LogP contribution is 2.21. The first-order valence-electron chi connectivity index (χ1n) is 7.71. The number of likely N-dealkylation sites (tertiary alicyclic amines) is 1. The largest absolute Gasteiger partial charge is 0.314 e.